The van der Waals surface area contributed by atoms with Crippen molar-refractivity contribution in [2.45, 2.75) is 53.1 Å². The molecule has 138 valence electrons. The third-order valence-electron chi connectivity index (χ3n) is 3.30. The maximum Gasteiger partial charge on any atom is 0.208 e. The minimum atomic E-state index is -3.14. The second-order valence-electron chi connectivity index (χ2n) is 6.13. The maximum absolute atomic E-state index is 11.0. The topological polar surface area (TPSA) is 85.8 Å². The Morgan fingerprint density at radius 2 is 1.70 bits per heavy atom. The molecule has 0 saturated carbocycles. The van der Waals surface area contributed by atoms with E-state index in [4.69, 9.17) is 0 Å². The largest absolute Gasteiger partial charge is 0.357 e. The van der Waals surface area contributed by atoms with Gasteiger partial charge in [-0.15, -0.1) is 0 Å². The average Bonchev–Trinajstić information content (AvgIpc) is 2.41. The van der Waals surface area contributed by atoms with E-state index in [1.165, 1.54) is 0 Å². The van der Waals surface area contributed by atoms with Crippen molar-refractivity contribution in [3.63, 3.8) is 0 Å². The van der Waals surface area contributed by atoms with Gasteiger partial charge in [0.1, 0.15) is 0 Å². The Kier molecular flexibility index (Phi) is 11.2. The van der Waals surface area contributed by atoms with Gasteiger partial charge in [-0.25, -0.2) is 13.1 Å². The molecule has 0 rings (SSSR count). The maximum atomic E-state index is 11.0. The Hall–Kier alpha value is -0.860. The summed E-state index contributed by atoms with van der Waals surface area (Å²) in [5.41, 5.74) is 0. The summed E-state index contributed by atoms with van der Waals surface area (Å²) < 4.78 is 24.4. The molecule has 7 nitrogen and oxygen atoms in total. The summed E-state index contributed by atoms with van der Waals surface area (Å²) in [6, 6.07) is 1.07. The molecule has 0 aromatic rings. The lowest BCUT2D eigenvalue weighted by molar-refractivity contribution is 0.174. The molecule has 3 N–H and O–H groups in total. The third kappa shape index (κ3) is 12.3. The van der Waals surface area contributed by atoms with Gasteiger partial charge in [0.2, 0.25) is 10.0 Å². The second-order valence-corrected chi connectivity index (χ2v) is 7.97. The Balaban J connectivity index is 4.20. The molecule has 8 heteroatoms. The van der Waals surface area contributed by atoms with Crippen molar-refractivity contribution in [3.8, 4) is 0 Å². The number of aliphatic imine (C=N–C) groups is 1. The Morgan fingerprint density at radius 1 is 1.09 bits per heavy atom. The molecule has 0 heterocycles. The van der Waals surface area contributed by atoms with Crippen LogP contribution in [0.4, 0.5) is 0 Å². The van der Waals surface area contributed by atoms with E-state index in [0.717, 1.165) is 38.3 Å². The summed E-state index contributed by atoms with van der Waals surface area (Å²) >= 11 is 0. The van der Waals surface area contributed by atoms with Gasteiger partial charge >= 0.3 is 0 Å². The van der Waals surface area contributed by atoms with Crippen molar-refractivity contribution in [2.75, 3.05) is 39.0 Å². The van der Waals surface area contributed by atoms with Crippen LogP contribution in [0.1, 0.15) is 41.0 Å². The molecule has 0 aromatic heterocycles. The highest BCUT2D eigenvalue weighted by Gasteiger charge is 2.12. The van der Waals surface area contributed by atoms with Gasteiger partial charge in [-0.2, -0.15) is 0 Å². The number of sulfonamides is 1. The fourth-order valence-corrected chi connectivity index (χ4v) is 2.79. The molecule has 0 aromatic carbocycles. The molecule has 0 bridgehead atoms. The first-order chi connectivity index (χ1) is 10.7. The molecule has 0 spiro atoms. The molecule has 0 amide bonds. The van der Waals surface area contributed by atoms with Crippen molar-refractivity contribution < 1.29 is 8.42 Å². The van der Waals surface area contributed by atoms with E-state index in [1.54, 1.807) is 0 Å². The van der Waals surface area contributed by atoms with Crippen LogP contribution in [-0.2, 0) is 10.0 Å². The molecule has 23 heavy (non-hydrogen) atoms. The first kappa shape index (κ1) is 22.1. The number of rotatable bonds is 11. The number of nitrogens with zero attached hydrogens (tertiary/aromatic N) is 2. The van der Waals surface area contributed by atoms with E-state index >= 15 is 0 Å². The van der Waals surface area contributed by atoms with E-state index in [0.29, 0.717) is 25.2 Å². The number of hydrogen-bond donors (Lipinski definition) is 3. The smallest absolute Gasteiger partial charge is 0.208 e. The Labute approximate surface area is 142 Å². The molecular formula is C15H35N5O2S. The first-order valence-corrected chi connectivity index (χ1v) is 10.3. The summed E-state index contributed by atoms with van der Waals surface area (Å²) in [5, 5.41) is 6.29. The minimum Gasteiger partial charge on any atom is -0.357 e. The summed E-state index contributed by atoms with van der Waals surface area (Å²) in [6.07, 6.45) is 2.15. The fraction of sp³-hybridized carbons (Fsp3) is 0.933. The van der Waals surface area contributed by atoms with Crippen molar-refractivity contribution in [1.29, 1.82) is 0 Å². The fourth-order valence-electron chi connectivity index (χ4n) is 2.32. The van der Waals surface area contributed by atoms with Crippen LogP contribution in [0, 0.1) is 0 Å². The van der Waals surface area contributed by atoms with E-state index in [1.807, 2.05) is 6.92 Å². The van der Waals surface area contributed by atoms with Crippen molar-refractivity contribution in [2.24, 2.45) is 4.99 Å². The van der Waals surface area contributed by atoms with Crippen LogP contribution >= 0.6 is 0 Å². The zero-order chi connectivity index (χ0) is 17.9. The van der Waals surface area contributed by atoms with Gasteiger partial charge in [0.15, 0.2) is 5.96 Å². The second kappa shape index (κ2) is 11.6. The monoisotopic (exact) mass is 349 g/mol. The molecular weight excluding hydrogens is 314 g/mol. The SMILES string of the molecule is CCNC(=NCCCN(C(C)C)C(C)C)NCCNS(C)(=O)=O. The van der Waals surface area contributed by atoms with E-state index in [9.17, 15) is 8.42 Å². The molecule has 0 aliphatic heterocycles. The summed E-state index contributed by atoms with van der Waals surface area (Å²) in [6.45, 7) is 14.2. The van der Waals surface area contributed by atoms with Crippen LogP contribution in [-0.4, -0.2) is 70.3 Å². The normalized spacial score (nSPS) is 13.2. The summed E-state index contributed by atoms with van der Waals surface area (Å²) in [4.78, 5) is 6.98. The predicted molar refractivity (Wildman–Crippen MR) is 98.4 cm³/mol. The zero-order valence-corrected chi connectivity index (χ0v) is 16.3. The van der Waals surface area contributed by atoms with Crippen LogP contribution in [0.5, 0.6) is 0 Å². The van der Waals surface area contributed by atoms with E-state index < -0.39 is 10.0 Å². The van der Waals surface area contributed by atoms with Gasteiger partial charge in [0, 0.05) is 44.8 Å². The van der Waals surface area contributed by atoms with Gasteiger partial charge in [0.05, 0.1) is 6.26 Å². The highest BCUT2D eigenvalue weighted by atomic mass is 32.2. The molecule has 0 fully saturated rings. The molecule has 0 aliphatic rings. The van der Waals surface area contributed by atoms with Crippen LogP contribution < -0.4 is 15.4 Å². The van der Waals surface area contributed by atoms with Crippen LogP contribution in [0.25, 0.3) is 0 Å². The summed E-state index contributed by atoms with van der Waals surface area (Å²) in [7, 11) is -3.14. The van der Waals surface area contributed by atoms with Gasteiger partial charge < -0.3 is 10.6 Å². The molecule has 0 atom stereocenters. The van der Waals surface area contributed by atoms with Gasteiger partial charge in [-0.05, 0) is 41.0 Å². The average molecular weight is 350 g/mol. The lowest BCUT2D eigenvalue weighted by Crippen LogP contribution is -2.41. The van der Waals surface area contributed by atoms with Crippen molar-refractivity contribution >= 4 is 16.0 Å². The van der Waals surface area contributed by atoms with Crippen LogP contribution in [0.15, 0.2) is 4.99 Å². The van der Waals surface area contributed by atoms with Crippen molar-refractivity contribution in [1.82, 2.24) is 20.3 Å². The van der Waals surface area contributed by atoms with Gasteiger partial charge in [-0.3, -0.25) is 9.89 Å². The lowest BCUT2D eigenvalue weighted by atomic mass is 10.2. The van der Waals surface area contributed by atoms with Crippen molar-refractivity contribution in [3.05, 3.63) is 0 Å². The standard InChI is InChI=1S/C15H35N5O2S/c1-7-16-15(18-10-11-19-23(6,21)22)17-9-8-12-20(13(2)3)14(4)5/h13-14,19H,7-12H2,1-6H3,(H2,16,17,18). The Morgan fingerprint density at radius 3 is 2.17 bits per heavy atom. The molecule has 0 aliphatic carbocycles. The number of guanidine groups is 1. The van der Waals surface area contributed by atoms with Gasteiger partial charge in [-0.1, -0.05) is 0 Å². The zero-order valence-electron chi connectivity index (χ0n) is 15.5. The predicted octanol–water partition coefficient (Wildman–Crippen LogP) is 0.600. The quantitative estimate of drug-likeness (QED) is 0.289. The lowest BCUT2D eigenvalue weighted by Gasteiger charge is -2.30. The highest BCUT2D eigenvalue weighted by Crippen LogP contribution is 2.05. The molecule has 0 radical (unpaired) electrons. The van der Waals surface area contributed by atoms with E-state index in [2.05, 4.69) is 52.9 Å². The molecule has 0 saturated heterocycles. The summed E-state index contributed by atoms with van der Waals surface area (Å²) in [5.74, 6) is 0.725. The first-order valence-electron chi connectivity index (χ1n) is 8.40. The van der Waals surface area contributed by atoms with Gasteiger partial charge in [0.25, 0.3) is 0 Å². The van der Waals surface area contributed by atoms with Crippen LogP contribution in [0.3, 0.4) is 0 Å². The van der Waals surface area contributed by atoms with E-state index in [-0.39, 0.29) is 0 Å². The molecule has 0 unspecified atom stereocenters. The van der Waals surface area contributed by atoms with Crippen LogP contribution in [0.2, 0.25) is 0 Å². The minimum absolute atomic E-state index is 0.345. The highest BCUT2D eigenvalue weighted by molar-refractivity contribution is 7.88. The third-order valence-corrected chi connectivity index (χ3v) is 4.03. The number of nitrogens with one attached hydrogen (secondary N) is 3. The Bertz CT molecular complexity index is 427. The number of hydrogen-bond acceptors (Lipinski definition) is 4.